The van der Waals surface area contributed by atoms with Gasteiger partial charge in [0.15, 0.2) is 0 Å². The van der Waals surface area contributed by atoms with Crippen molar-refractivity contribution in [2.24, 2.45) is 0 Å². The summed E-state index contributed by atoms with van der Waals surface area (Å²) in [4.78, 5) is 0. The van der Waals surface area contributed by atoms with Crippen LogP contribution in [0.2, 0.25) is 5.02 Å². The van der Waals surface area contributed by atoms with E-state index in [2.05, 4.69) is 27.3 Å². The Kier molecular flexibility index (Phi) is 4.93. The smallest absolute Gasteiger partial charge is 0.0643 e. The Labute approximate surface area is 103 Å². The van der Waals surface area contributed by atoms with E-state index in [0.29, 0.717) is 11.4 Å². The molecule has 15 heavy (non-hydrogen) atoms. The third kappa shape index (κ3) is 3.40. The summed E-state index contributed by atoms with van der Waals surface area (Å²) in [6.07, 6.45) is 1.40. The van der Waals surface area contributed by atoms with E-state index in [1.54, 1.807) is 0 Å². The van der Waals surface area contributed by atoms with Crippen molar-refractivity contribution in [2.75, 3.05) is 5.32 Å². The molecule has 1 unspecified atom stereocenters. The summed E-state index contributed by atoms with van der Waals surface area (Å²) in [6, 6.07) is 7.98. The number of anilines is 1. The zero-order valence-corrected chi connectivity index (χ0v) is 10.8. The van der Waals surface area contributed by atoms with Gasteiger partial charge >= 0.3 is 0 Å². The van der Waals surface area contributed by atoms with Crippen molar-refractivity contribution in [2.45, 2.75) is 25.8 Å². The Hall–Kier alpha value is -0.720. The first-order chi connectivity index (χ1) is 7.19. The van der Waals surface area contributed by atoms with Gasteiger partial charge in [-0.3, -0.25) is 0 Å². The molecule has 0 amide bonds. The highest BCUT2D eigenvalue weighted by Gasteiger charge is 2.09. The molecule has 0 aliphatic carbocycles. The van der Waals surface area contributed by atoms with Crippen molar-refractivity contribution in [3.8, 4) is 6.07 Å². The molecule has 1 atom stereocenters. The number of nitriles is 1. The third-order valence-corrected chi connectivity index (χ3v) is 3.54. The number of hydrogen-bond donors (Lipinski definition) is 1. The lowest BCUT2D eigenvalue weighted by Gasteiger charge is -2.16. The van der Waals surface area contributed by atoms with Crippen molar-refractivity contribution in [1.29, 1.82) is 5.26 Å². The van der Waals surface area contributed by atoms with Crippen molar-refractivity contribution >= 4 is 33.2 Å². The van der Waals surface area contributed by atoms with Crippen molar-refractivity contribution in [3.63, 3.8) is 0 Å². The second kappa shape index (κ2) is 5.99. The van der Waals surface area contributed by atoms with E-state index in [-0.39, 0.29) is 6.04 Å². The number of hydrogen-bond acceptors (Lipinski definition) is 2. The van der Waals surface area contributed by atoms with Crippen molar-refractivity contribution in [3.05, 3.63) is 27.7 Å². The minimum Gasteiger partial charge on any atom is -0.380 e. The van der Waals surface area contributed by atoms with Gasteiger partial charge in [-0.15, -0.1) is 0 Å². The first-order valence-corrected chi connectivity index (χ1v) is 5.93. The summed E-state index contributed by atoms with van der Waals surface area (Å²) in [5.74, 6) is 0. The van der Waals surface area contributed by atoms with Gasteiger partial charge in [-0.05, 0) is 34.5 Å². The molecule has 0 fully saturated rings. The average Bonchev–Trinajstić information content (AvgIpc) is 2.24. The fourth-order valence-corrected chi connectivity index (χ4v) is 1.80. The molecule has 1 N–H and O–H groups in total. The van der Waals surface area contributed by atoms with Gasteiger partial charge in [-0.25, -0.2) is 0 Å². The number of nitrogens with one attached hydrogen (secondary N) is 1. The van der Waals surface area contributed by atoms with Gasteiger partial charge in [0.05, 0.1) is 27.7 Å². The Balaban J connectivity index is 2.80. The average molecular weight is 288 g/mol. The molecule has 4 heteroatoms. The maximum atomic E-state index is 8.64. The molecule has 80 valence electrons. The molecular formula is C11H12BrClN2. The van der Waals surface area contributed by atoms with Gasteiger partial charge in [-0.2, -0.15) is 5.26 Å². The maximum absolute atomic E-state index is 8.64. The SMILES string of the molecule is CCC(CC#N)Nc1cccc(Cl)c1Br. The zero-order chi connectivity index (χ0) is 11.3. The van der Waals surface area contributed by atoms with Gasteiger partial charge in [0.2, 0.25) is 0 Å². The molecule has 0 aliphatic rings. The van der Waals surface area contributed by atoms with Gasteiger partial charge < -0.3 is 5.32 Å². The Morgan fingerprint density at radius 1 is 1.60 bits per heavy atom. The number of halogens is 2. The molecule has 0 spiro atoms. The van der Waals surface area contributed by atoms with Crippen LogP contribution in [0.15, 0.2) is 22.7 Å². The molecule has 0 radical (unpaired) electrons. The molecule has 0 aliphatic heterocycles. The van der Waals surface area contributed by atoms with Crippen LogP contribution in [-0.2, 0) is 0 Å². The van der Waals surface area contributed by atoms with Crippen LogP contribution in [-0.4, -0.2) is 6.04 Å². The largest absolute Gasteiger partial charge is 0.380 e. The first-order valence-electron chi connectivity index (χ1n) is 4.76. The fourth-order valence-electron chi connectivity index (χ4n) is 1.24. The maximum Gasteiger partial charge on any atom is 0.0643 e. The van der Waals surface area contributed by atoms with E-state index in [0.717, 1.165) is 16.6 Å². The van der Waals surface area contributed by atoms with Crippen LogP contribution in [0.5, 0.6) is 0 Å². The van der Waals surface area contributed by atoms with Crippen molar-refractivity contribution in [1.82, 2.24) is 0 Å². The molecule has 0 saturated carbocycles. The Morgan fingerprint density at radius 2 is 2.33 bits per heavy atom. The molecule has 2 nitrogen and oxygen atoms in total. The van der Waals surface area contributed by atoms with Crippen LogP contribution in [0.1, 0.15) is 19.8 Å². The summed E-state index contributed by atoms with van der Waals surface area (Å²) >= 11 is 9.38. The Bertz CT molecular complexity index is 373. The number of benzene rings is 1. The van der Waals surface area contributed by atoms with Crippen LogP contribution < -0.4 is 5.32 Å². The van der Waals surface area contributed by atoms with E-state index in [1.807, 2.05) is 25.1 Å². The van der Waals surface area contributed by atoms with Crippen LogP contribution in [0.3, 0.4) is 0 Å². The molecule has 1 aromatic rings. The normalized spacial score (nSPS) is 11.9. The van der Waals surface area contributed by atoms with Crippen molar-refractivity contribution < 1.29 is 0 Å². The highest BCUT2D eigenvalue weighted by molar-refractivity contribution is 9.10. The fraction of sp³-hybridized carbons (Fsp3) is 0.364. The molecule has 0 saturated heterocycles. The molecular weight excluding hydrogens is 275 g/mol. The monoisotopic (exact) mass is 286 g/mol. The number of nitrogens with zero attached hydrogens (tertiary/aromatic N) is 1. The molecule has 1 rings (SSSR count). The predicted octanol–water partition coefficient (Wildman–Crippen LogP) is 4.21. The van der Waals surface area contributed by atoms with Gasteiger partial charge in [0, 0.05) is 6.04 Å². The van der Waals surface area contributed by atoms with Gasteiger partial charge in [-0.1, -0.05) is 24.6 Å². The quantitative estimate of drug-likeness (QED) is 0.900. The minimum absolute atomic E-state index is 0.171. The van der Waals surface area contributed by atoms with Gasteiger partial charge in [0.1, 0.15) is 0 Å². The highest BCUT2D eigenvalue weighted by Crippen LogP contribution is 2.30. The second-order valence-corrected chi connectivity index (χ2v) is 4.41. The second-order valence-electron chi connectivity index (χ2n) is 3.21. The van der Waals surface area contributed by atoms with Crippen LogP contribution in [0, 0.1) is 11.3 Å². The van der Waals surface area contributed by atoms with Crippen LogP contribution >= 0.6 is 27.5 Å². The summed E-state index contributed by atoms with van der Waals surface area (Å²) < 4.78 is 0.850. The van der Waals surface area contributed by atoms with Gasteiger partial charge in [0.25, 0.3) is 0 Å². The molecule has 0 bridgehead atoms. The van der Waals surface area contributed by atoms with E-state index < -0.39 is 0 Å². The Morgan fingerprint density at radius 3 is 2.93 bits per heavy atom. The van der Waals surface area contributed by atoms with E-state index in [4.69, 9.17) is 16.9 Å². The zero-order valence-electron chi connectivity index (χ0n) is 8.43. The summed E-state index contributed by atoms with van der Waals surface area (Å²) in [5, 5.41) is 12.6. The molecule has 1 aromatic carbocycles. The van der Waals surface area contributed by atoms with E-state index >= 15 is 0 Å². The standard InChI is InChI=1S/C11H12BrClN2/c1-2-8(6-7-14)15-10-5-3-4-9(13)11(10)12/h3-5,8,15H,2,6H2,1H3. The van der Waals surface area contributed by atoms with Crippen LogP contribution in [0.25, 0.3) is 0 Å². The predicted molar refractivity (Wildman–Crippen MR) is 67.1 cm³/mol. The third-order valence-electron chi connectivity index (χ3n) is 2.14. The lowest BCUT2D eigenvalue weighted by Crippen LogP contribution is -2.17. The first kappa shape index (κ1) is 12.4. The van der Waals surface area contributed by atoms with E-state index in [9.17, 15) is 0 Å². The lowest BCUT2D eigenvalue weighted by molar-refractivity contribution is 0.711. The molecule has 0 heterocycles. The summed E-state index contributed by atoms with van der Waals surface area (Å²) in [6.45, 7) is 2.05. The number of rotatable bonds is 4. The topological polar surface area (TPSA) is 35.8 Å². The van der Waals surface area contributed by atoms with E-state index in [1.165, 1.54) is 0 Å². The van der Waals surface area contributed by atoms with Crippen LogP contribution in [0.4, 0.5) is 5.69 Å². The summed E-state index contributed by atoms with van der Waals surface area (Å²) in [7, 11) is 0. The summed E-state index contributed by atoms with van der Waals surface area (Å²) in [5.41, 5.74) is 0.935. The minimum atomic E-state index is 0.171. The molecule has 0 aromatic heterocycles. The highest BCUT2D eigenvalue weighted by atomic mass is 79.9. The lowest BCUT2D eigenvalue weighted by atomic mass is 10.1.